The first kappa shape index (κ1) is 20.3. The van der Waals surface area contributed by atoms with Crippen molar-refractivity contribution in [2.75, 3.05) is 0 Å². The summed E-state index contributed by atoms with van der Waals surface area (Å²) in [5.74, 6) is -0.148. The molecule has 29 heavy (non-hydrogen) atoms. The van der Waals surface area contributed by atoms with Gasteiger partial charge < -0.3 is 10.6 Å². The molecule has 0 fully saturated rings. The summed E-state index contributed by atoms with van der Waals surface area (Å²) < 4.78 is 0. The van der Waals surface area contributed by atoms with Crippen LogP contribution in [0.1, 0.15) is 35.5 Å². The van der Waals surface area contributed by atoms with Crippen molar-refractivity contribution in [3.05, 3.63) is 89.7 Å². The van der Waals surface area contributed by atoms with Crippen molar-refractivity contribution in [1.82, 2.24) is 15.6 Å². The molecule has 1 atom stereocenters. The van der Waals surface area contributed by atoms with E-state index in [1.54, 1.807) is 12.3 Å². The molecule has 0 saturated heterocycles. The van der Waals surface area contributed by atoms with Crippen molar-refractivity contribution in [2.45, 2.75) is 32.9 Å². The van der Waals surface area contributed by atoms with Gasteiger partial charge in [0.2, 0.25) is 5.91 Å². The zero-order chi connectivity index (χ0) is 20.6. The summed E-state index contributed by atoms with van der Waals surface area (Å²) in [6.07, 6.45) is 2.48. The third kappa shape index (κ3) is 6.01. The molecule has 5 nitrogen and oxygen atoms in total. The number of nitrogens with one attached hydrogen (secondary N) is 2. The Morgan fingerprint density at radius 1 is 0.966 bits per heavy atom. The number of rotatable bonds is 7. The van der Waals surface area contributed by atoms with Crippen LogP contribution >= 0.6 is 0 Å². The van der Waals surface area contributed by atoms with Gasteiger partial charge in [0.1, 0.15) is 0 Å². The van der Waals surface area contributed by atoms with Gasteiger partial charge in [-0.05, 0) is 54.3 Å². The van der Waals surface area contributed by atoms with E-state index in [1.807, 2.05) is 55.5 Å². The molecule has 1 unspecified atom stereocenters. The van der Waals surface area contributed by atoms with Crippen LogP contribution in [0, 0.1) is 0 Å². The van der Waals surface area contributed by atoms with Gasteiger partial charge in [0, 0.05) is 24.7 Å². The summed E-state index contributed by atoms with van der Waals surface area (Å²) in [5, 5.41) is 5.80. The summed E-state index contributed by atoms with van der Waals surface area (Å²) in [6.45, 7) is 3.91. The lowest BCUT2D eigenvalue weighted by Crippen LogP contribution is -2.31. The van der Waals surface area contributed by atoms with Gasteiger partial charge in [-0.25, -0.2) is 0 Å². The number of hydrogen-bond acceptors (Lipinski definition) is 3. The molecule has 148 valence electrons. The lowest BCUT2D eigenvalue weighted by Gasteiger charge is -2.13. The van der Waals surface area contributed by atoms with Gasteiger partial charge in [0.05, 0.1) is 12.2 Å². The van der Waals surface area contributed by atoms with Crippen molar-refractivity contribution in [2.24, 2.45) is 0 Å². The van der Waals surface area contributed by atoms with Crippen LogP contribution in [-0.2, 0) is 17.8 Å². The van der Waals surface area contributed by atoms with Crippen molar-refractivity contribution in [3.8, 4) is 11.1 Å². The largest absolute Gasteiger partial charge is 0.354 e. The molecule has 2 N–H and O–H groups in total. The highest BCUT2D eigenvalue weighted by atomic mass is 16.2. The minimum Gasteiger partial charge on any atom is -0.354 e. The number of benzene rings is 2. The Balaban J connectivity index is 1.65. The first-order valence-electron chi connectivity index (χ1n) is 9.66. The van der Waals surface area contributed by atoms with Gasteiger partial charge in [0.15, 0.2) is 0 Å². The Kier molecular flexibility index (Phi) is 6.74. The number of hydrogen-bond donors (Lipinski definition) is 2. The summed E-state index contributed by atoms with van der Waals surface area (Å²) in [7, 11) is 0. The van der Waals surface area contributed by atoms with Gasteiger partial charge in [-0.1, -0.05) is 42.5 Å². The molecule has 2 amide bonds. The van der Waals surface area contributed by atoms with Gasteiger partial charge >= 0.3 is 0 Å². The second-order valence-electron chi connectivity index (χ2n) is 7.09. The maximum atomic E-state index is 12.5. The average Bonchev–Trinajstić information content (AvgIpc) is 2.73. The van der Waals surface area contributed by atoms with Gasteiger partial charge in [-0.2, -0.15) is 0 Å². The van der Waals surface area contributed by atoms with E-state index in [-0.39, 0.29) is 17.9 Å². The van der Waals surface area contributed by atoms with Crippen LogP contribution in [0.4, 0.5) is 0 Å². The fourth-order valence-electron chi connectivity index (χ4n) is 3.20. The van der Waals surface area contributed by atoms with Gasteiger partial charge in [-0.3, -0.25) is 14.6 Å². The molecule has 0 aliphatic heterocycles. The standard InChI is InChI=1S/C24H25N3O2/c1-17(27-18(2)28)14-19-9-11-20(12-10-19)21-6-5-7-22(15-21)24(29)26-16-23-8-3-4-13-25-23/h3-13,15,17H,14,16H2,1-2H3,(H,26,29)(H,27,28). The van der Waals surface area contributed by atoms with Crippen molar-refractivity contribution >= 4 is 11.8 Å². The van der Waals surface area contributed by atoms with Crippen LogP contribution in [0.15, 0.2) is 72.9 Å². The highest BCUT2D eigenvalue weighted by Crippen LogP contribution is 2.21. The van der Waals surface area contributed by atoms with Crippen molar-refractivity contribution in [3.63, 3.8) is 0 Å². The number of pyridine rings is 1. The minimum atomic E-state index is -0.127. The van der Waals surface area contributed by atoms with E-state index in [4.69, 9.17) is 0 Å². The van der Waals surface area contributed by atoms with E-state index in [0.29, 0.717) is 12.1 Å². The molecule has 3 aromatic rings. The Bertz CT molecular complexity index is 969. The Hall–Kier alpha value is -3.47. The monoisotopic (exact) mass is 387 g/mol. The van der Waals surface area contributed by atoms with Crippen molar-refractivity contribution < 1.29 is 9.59 Å². The van der Waals surface area contributed by atoms with E-state index < -0.39 is 0 Å². The van der Waals surface area contributed by atoms with E-state index >= 15 is 0 Å². The molecule has 3 rings (SSSR count). The molecule has 2 aromatic carbocycles. The van der Waals surface area contributed by atoms with Crippen LogP contribution in [-0.4, -0.2) is 22.8 Å². The second kappa shape index (κ2) is 9.64. The topological polar surface area (TPSA) is 71.1 Å². The average molecular weight is 387 g/mol. The molecule has 1 heterocycles. The Labute approximate surface area is 171 Å². The third-order valence-corrected chi connectivity index (χ3v) is 4.56. The Morgan fingerprint density at radius 2 is 1.76 bits per heavy atom. The molecule has 0 bridgehead atoms. The fraction of sp³-hybridized carbons (Fsp3) is 0.208. The summed E-state index contributed by atoms with van der Waals surface area (Å²) in [4.78, 5) is 27.9. The molecule has 0 saturated carbocycles. The molecule has 0 aliphatic rings. The van der Waals surface area contributed by atoms with Crippen LogP contribution < -0.4 is 10.6 Å². The highest BCUT2D eigenvalue weighted by Gasteiger charge is 2.09. The Morgan fingerprint density at radius 3 is 2.45 bits per heavy atom. The zero-order valence-corrected chi connectivity index (χ0v) is 16.7. The first-order chi connectivity index (χ1) is 14.0. The molecular weight excluding hydrogens is 362 g/mol. The third-order valence-electron chi connectivity index (χ3n) is 4.56. The van der Waals surface area contributed by atoms with Crippen LogP contribution in [0.5, 0.6) is 0 Å². The number of nitrogens with zero attached hydrogens (tertiary/aromatic N) is 1. The summed E-state index contributed by atoms with van der Waals surface area (Å²) in [5.41, 5.74) is 4.61. The van der Waals surface area contributed by atoms with E-state index in [0.717, 1.165) is 28.8 Å². The van der Waals surface area contributed by atoms with E-state index in [1.165, 1.54) is 6.92 Å². The van der Waals surface area contributed by atoms with Gasteiger partial charge in [0.25, 0.3) is 5.91 Å². The zero-order valence-electron chi connectivity index (χ0n) is 16.7. The maximum absolute atomic E-state index is 12.5. The predicted octanol–water partition coefficient (Wildman–Crippen LogP) is 3.75. The number of carbonyl (C=O) groups excluding carboxylic acids is 2. The fourth-order valence-corrected chi connectivity index (χ4v) is 3.20. The number of aromatic nitrogens is 1. The highest BCUT2D eigenvalue weighted by molar-refractivity contribution is 5.95. The maximum Gasteiger partial charge on any atom is 0.251 e. The van der Waals surface area contributed by atoms with E-state index in [2.05, 4.69) is 27.8 Å². The second-order valence-corrected chi connectivity index (χ2v) is 7.09. The van der Waals surface area contributed by atoms with Crippen molar-refractivity contribution in [1.29, 1.82) is 0 Å². The SMILES string of the molecule is CC(=O)NC(C)Cc1ccc(-c2cccc(C(=O)NCc3ccccn3)c2)cc1. The first-order valence-corrected chi connectivity index (χ1v) is 9.66. The molecule has 5 heteroatoms. The molecule has 0 aliphatic carbocycles. The van der Waals surface area contributed by atoms with Crippen LogP contribution in [0.2, 0.25) is 0 Å². The molecular formula is C24H25N3O2. The summed E-state index contributed by atoms with van der Waals surface area (Å²) >= 11 is 0. The minimum absolute atomic E-state index is 0.0211. The number of amides is 2. The molecule has 0 spiro atoms. The molecule has 1 aromatic heterocycles. The lowest BCUT2D eigenvalue weighted by atomic mass is 9.99. The number of carbonyl (C=O) groups is 2. The smallest absolute Gasteiger partial charge is 0.251 e. The normalized spacial score (nSPS) is 11.5. The van der Waals surface area contributed by atoms with Crippen LogP contribution in [0.3, 0.4) is 0 Å². The molecule has 0 radical (unpaired) electrons. The van der Waals surface area contributed by atoms with Crippen LogP contribution in [0.25, 0.3) is 11.1 Å². The quantitative estimate of drug-likeness (QED) is 0.649. The lowest BCUT2D eigenvalue weighted by molar-refractivity contribution is -0.119. The summed E-state index contributed by atoms with van der Waals surface area (Å²) in [6, 6.07) is 21.5. The van der Waals surface area contributed by atoms with E-state index in [9.17, 15) is 9.59 Å². The van der Waals surface area contributed by atoms with Gasteiger partial charge in [-0.15, -0.1) is 0 Å². The predicted molar refractivity (Wildman–Crippen MR) is 114 cm³/mol.